The first-order valence-electron chi connectivity index (χ1n) is 8.92. The maximum atomic E-state index is 11.2. The average molecular weight is 356 g/mol. The second-order valence-corrected chi connectivity index (χ2v) is 7.18. The topological polar surface area (TPSA) is 86.1 Å². The maximum Gasteiger partial charge on any atom is 0.119 e. The van der Waals surface area contributed by atoms with Crippen LogP contribution in [-0.2, 0) is 0 Å². The zero-order valence-corrected chi connectivity index (χ0v) is 14.7. The Labute approximate surface area is 152 Å². The molecule has 2 aromatic rings. The minimum Gasteiger partial charge on any atom is -0.497 e. The molecular weight excluding hydrogens is 332 g/mol. The van der Waals surface area contributed by atoms with E-state index in [0.717, 1.165) is 16.5 Å². The summed E-state index contributed by atoms with van der Waals surface area (Å²) >= 11 is 0. The number of ether oxygens (including phenoxy) is 1. The molecule has 6 heteroatoms. The number of rotatable bonds is 4. The summed E-state index contributed by atoms with van der Waals surface area (Å²) < 4.78 is 5.30. The van der Waals surface area contributed by atoms with Gasteiger partial charge in [0.05, 0.1) is 18.7 Å². The van der Waals surface area contributed by atoms with Crippen LogP contribution in [0.15, 0.2) is 43.1 Å². The van der Waals surface area contributed by atoms with Gasteiger partial charge in [-0.15, -0.1) is 6.58 Å². The molecule has 1 aromatic heterocycles. The lowest BCUT2D eigenvalue weighted by molar-refractivity contribution is -0.237. The van der Waals surface area contributed by atoms with Crippen LogP contribution in [0.4, 0.5) is 0 Å². The van der Waals surface area contributed by atoms with Crippen molar-refractivity contribution in [3.63, 3.8) is 0 Å². The second-order valence-electron chi connectivity index (χ2n) is 7.18. The molecule has 0 saturated carbocycles. The Balaban J connectivity index is 1.73. The van der Waals surface area contributed by atoms with Crippen molar-refractivity contribution in [2.75, 3.05) is 7.11 Å². The van der Waals surface area contributed by atoms with Crippen molar-refractivity contribution in [1.29, 1.82) is 0 Å². The minimum absolute atomic E-state index is 0.0869. The van der Waals surface area contributed by atoms with Gasteiger partial charge in [0, 0.05) is 23.5 Å². The third-order valence-corrected chi connectivity index (χ3v) is 5.92. The number of benzene rings is 1. The van der Waals surface area contributed by atoms with Gasteiger partial charge in [-0.1, -0.05) is 6.08 Å². The molecule has 1 unspecified atom stereocenters. The summed E-state index contributed by atoms with van der Waals surface area (Å²) in [6.45, 7) is 3.81. The van der Waals surface area contributed by atoms with Crippen molar-refractivity contribution in [2.45, 2.75) is 37.4 Å². The molecule has 3 aliphatic heterocycles. The van der Waals surface area contributed by atoms with E-state index >= 15 is 0 Å². The number of fused-ring (bicyclic) bond motifs is 4. The molecule has 1 aromatic carbocycles. The largest absolute Gasteiger partial charge is 0.497 e. The summed E-state index contributed by atoms with van der Waals surface area (Å²) in [5.74, 6) is 0.706. The number of pyridine rings is 1. The Morgan fingerprint density at radius 2 is 2.12 bits per heavy atom. The highest BCUT2D eigenvalue weighted by molar-refractivity contribution is 5.83. The van der Waals surface area contributed by atoms with Crippen molar-refractivity contribution in [3.05, 3.63) is 48.7 Å². The van der Waals surface area contributed by atoms with E-state index in [9.17, 15) is 15.3 Å². The first kappa shape index (κ1) is 17.4. The van der Waals surface area contributed by atoms with Crippen molar-refractivity contribution in [3.8, 4) is 5.75 Å². The van der Waals surface area contributed by atoms with Crippen LogP contribution in [0.2, 0.25) is 0 Å². The normalized spacial score (nSPS) is 34.6. The molecule has 3 saturated heterocycles. The Kier molecular flexibility index (Phi) is 4.44. The molecule has 3 aliphatic rings. The van der Waals surface area contributed by atoms with Crippen LogP contribution in [0.1, 0.15) is 24.5 Å². The fourth-order valence-corrected chi connectivity index (χ4v) is 4.62. The highest BCUT2D eigenvalue weighted by Gasteiger charge is 2.51. The molecule has 3 fully saturated rings. The Morgan fingerprint density at radius 1 is 1.31 bits per heavy atom. The predicted octanol–water partition coefficient (Wildman–Crippen LogP) is 1.81. The van der Waals surface area contributed by atoms with Gasteiger partial charge < -0.3 is 20.1 Å². The number of piperidine rings is 3. The lowest BCUT2D eigenvalue weighted by Crippen LogP contribution is -2.64. The molecule has 0 radical (unpaired) electrons. The van der Waals surface area contributed by atoms with Gasteiger partial charge in [0.25, 0.3) is 0 Å². The summed E-state index contributed by atoms with van der Waals surface area (Å²) in [5, 5.41) is 33.1. The zero-order chi connectivity index (χ0) is 18.4. The highest BCUT2D eigenvalue weighted by Crippen LogP contribution is 2.46. The first-order chi connectivity index (χ1) is 12.5. The van der Waals surface area contributed by atoms with Gasteiger partial charge in [-0.05, 0) is 48.6 Å². The fraction of sp³-hybridized carbons (Fsp3) is 0.450. The molecule has 5 rings (SSSR count). The highest BCUT2D eigenvalue weighted by atomic mass is 16.5. The van der Waals surface area contributed by atoms with Crippen LogP contribution < -0.4 is 4.74 Å². The number of nitrogens with zero attached hydrogens (tertiary/aromatic N) is 2. The summed E-state index contributed by atoms with van der Waals surface area (Å²) in [7, 11) is 1.60. The van der Waals surface area contributed by atoms with Crippen LogP contribution in [0, 0.1) is 11.8 Å². The number of hydrogen-bond donors (Lipinski definition) is 3. The molecule has 0 spiro atoms. The number of hydrogen-bond acceptors (Lipinski definition) is 6. The zero-order valence-electron chi connectivity index (χ0n) is 14.7. The molecular formula is C20H24N2O4. The number of methoxy groups -OCH3 is 1. The van der Waals surface area contributed by atoms with Crippen molar-refractivity contribution < 1.29 is 20.1 Å². The van der Waals surface area contributed by atoms with E-state index in [1.165, 1.54) is 0 Å². The lowest BCUT2D eigenvalue weighted by Gasteiger charge is -2.55. The quantitative estimate of drug-likeness (QED) is 0.725. The van der Waals surface area contributed by atoms with Gasteiger partial charge in [-0.3, -0.25) is 4.98 Å². The van der Waals surface area contributed by atoms with Crippen LogP contribution in [0.25, 0.3) is 10.9 Å². The predicted molar refractivity (Wildman–Crippen MR) is 97.3 cm³/mol. The van der Waals surface area contributed by atoms with E-state index in [1.54, 1.807) is 30.3 Å². The van der Waals surface area contributed by atoms with Crippen LogP contribution in [0.5, 0.6) is 5.75 Å². The molecule has 0 amide bonds. The fourth-order valence-electron chi connectivity index (χ4n) is 4.62. The molecule has 3 N–H and O–H groups in total. The number of aromatic nitrogens is 1. The van der Waals surface area contributed by atoms with Crippen LogP contribution in [0.3, 0.4) is 0 Å². The molecule has 6 nitrogen and oxygen atoms in total. The van der Waals surface area contributed by atoms with E-state index in [-0.39, 0.29) is 17.9 Å². The third-order valence-electron chi connectivity index (χ3n) is 5.92. The van der Waals surface area contributed by atoms with Gasteiger partial charge in [0.2, 0.25) is 0 Å². The molecule has 138 valence electrons. The van der Waals surface area contributed by atoms with Crippen LogP contribution >= 0.6 is 0 Å². The molecule has 26 heavy (non-hydrogen) atoms. The Hall–Kier alpha value is -1.99. The summed E-state index contributed by atoms with van der Waals surface area (Å²) in [4.78, 5) is 5.98. The van der Waals surface area contributed by atoms with E-state index < -0.39 is 18.6 Å². The van der Waals surface area contributed by atoms with E-state index in [2.05, 4.69) is 11.6 Å². The number of aliphatic hydroxyl groups is 3. The van der Waals surface area contributed by atoms with E-state index in [4.69, 9.17) is 4.74 Å². The summed E-state index contributed by atoms with van der Waals surface area (Å²) in [5.41, 5.74) is 1.49. The van der Waals surface area contributed by atoms with E-state index in [0.29, 0.717) is 18.6 Å². The first-order valence-corrected chi connectivity index (χ1v) is 8.92. The van der Waals surface area contributed by atoms with Gasteiger partial charge in [-0.25, -0.2) is 4.90 Å². The van der Waals surface area contributed by atoms with Crippen molar-refractivity contribution >= 4 is 10.9 Å². The van der Waals surface area contributed by atoms with Gasteiger partial charge >= 0.3 is 0 Å². The van der Waals surface area contributed by atoms with E-state index in [1.807, 2.05) is 18.2 Å². The van der Waals surface area contributed by atoms with Gasteiger partial charge in [0.15, 0.2) is 0 Å². The molecule has 0 aliphatic carbocycles. The van der Waals surface area contributed by atoms with Crippen LogP contribution in [-0.4, -0.2) is 50.8 Å². The second kappa shape index (κ2) is 6.63. The van der Waals surface area contributed by atoms with Crippen molar-refractivity contribution in [1.82, 2.24) is 9.88 Å². The number of aliphatic hydroxyl groups excluding tert-OH is 3. The van der Waals surface area contributed by atoms with Crippen molar-refractivity contribution in [2.24, 2.45) is 11.8 Å². The third kappa shape index (κ3) is 2.61. The monoisotopic (exact) mass is 356 g/mol. The maximum absolute atomic E-state index is 11.2. The lowest BCUT2D eigenvalue weighted by atomic mass is 9.71. The average Bonchev–Trinajstić information content (AvgIpc) is 2.66. The Bertz CT molecular complexity index is 825. The summed E-state index contributed by atoms with van der Waals surface area (Å²) in [6, 6.07) is 6.97. The standard InChI is InChI=1S/C20H24N2O4/c1-3-13-11-8-17(22(20(13)25)18(23)9-11)19(24)14-6-7-21-16-5-4-12(26-2)10-15(14)16/h3-7,10-11,13,17-20,23-25H,1,8-9H2,2H3/t11-,13-,17+,18-,19-,20-/m1/s1. The molecule has 4 heterocycles. The smallest absolute Gasteiger partial charge is 0.119 e. The Morgan fingerprint density at radius 3 is 2.81 bits per heavy atom. The molecule has 2 bridgehead atoms. The van der Waals surface area contributed by atoms with Gasteiger partial charge in [0.1, 0.15) is 18.2 Å². The minimum atomic E-state index is -0.856. The van der Waals surface area contributed by atoms with Gasteiger partial charge in [-0.2, -0.15) is 0 Å². The molecule has 7 atom stereocenters. The summed E-state index contributed by atoms with van der Waals surface area (Å²) in [6.07, 6.45) is 2.25. The SMILES string of the molecule is C=C[C@@H]1[C@H]2C[C@@H](O)N([C@@H]1O)[C@H]([C@H](O)c1ccnc3ccc(OC)cc13)C2.